The van der Waals surface area contributed by atoms with Gasteiger partial charge in [-0.25, -0.2) is 0 Å². The van der Waals surface area contributed by atoms with Gasteiger partial charge < -0.3 is 0 Å². The van der Waals surface area contributed by atoms with Crippen LogP contribution in [0.15, 0.2) is 11.8 Å². The van der Waals surface area contributed by atoms with Crippen molar-refractivity contribution in [1.29, 1.82) is 0 Å². The first-order valence-electron chi connectivity index (χ1n) is 1.88. The Labute approximate surface area is 38.2 Å². The first-order chi connectivity index (χ1) is 2.93. The maximum Gasteiger partial charge on any atom is 0.416 e. The van der Waals surface area contributed by atoms with E-state index in [0.717, 1.165) is 0 Å². The fourth-order valence-electron chi connectivity index (χ4n) is 0.253. The van der Waals surface area contributed by atoms with Gasteiger partial charge >= 0.3 is 9.28 Å². The zero-order valence-corrected chi connectivity index (χ0v) is 4.70. The summed E-state index contributed by atoms with van der Waals surface area (Å²) in [7, 11) is -1.10. The van der Waals surface area contributed by atoms with Crippen LogP contribution < -0.4 is 0 Å². The van der Waals surface area contributed by atoms with Gasteiger partial charge in [-0.1, -0.05) is 6.08 Å². The van der Waals surface area contributed by atoms with Crippen molar-refractivity contribution < 1.29 is 9.15 Å². The number of hydrogen-bond donors (Lipinski definition) is 0. The molecule has 0 atom stereocenters. The smallest absolute Gasteiger partial charge is 0.256 e. The van der Waals surface area contributed by atoms with E-state index in [4.69, 9.17) is 0 Å². The number of hydrogen-bond acceptors (Lipinski definition) is 2. The lowest BCUT2D eigenvalue weighted by molar-refractivity contribution is 0.0850. The van der Waals surface area contributed by atoms with Crippen molar-refractivity contribution in [2.75, 3.05) is 0 Å². The Morgan fingerprint density at radius 3 is 2.33 bits per heavy atom. The molecule has 2 nitrogen and oxygen atoms in total. The third kappa shape index (κ3) is 0.929. The lowest BCUT2D eigenvalue weighted by atomic mass is 10.8. The Kier molecular flexibility index (Phi) is 1.05. The predicted molar refractivity (Wildman–Crippen MR) is 24.1 cm³/mol. The summed E-state index contributed by atoms with van der Waals surface area (Å²) in [6, 6.07) is 0. The molecular weight excluding hydrogens is 96.1 g/mol. The molecule has 1 saturated heterocycles. The van der Waals surface area contributed by atoms with Gasteiger partial charge in [-0.15, -0.1) is 0 Å². The Hall–Kier alpha value is -0.123. The van der Waals surface area contributed by atoms with Crippen LogP contribution in [0.4, 0.5) is 0 Å². The third-order valence-electron chi connectivity index (χ3n) is 0.557. The minimum absolute atomic E-state index is 1.10. The summed E-state index contributed by atoms with van der Waals surface area (Å²) < 4.78 is 9.00. The van der Waals surface area contributed by atoms with Crippen LogP contribution in [0.3, 0.4) is 0 Å². The molecule has 0 unspecified atom stereocenters. The third-order valence-corrected chi connectivity index (χ3v) is 1.67. The molecule has 0 aromatic carbocycles. The molecule has 1 rings (SSSR count). The quantitative estimate of drug-likeness (QED) is 0.270. The van der Waals surface area contributed by atoms with Gasteiger partial charge in [0, 0.05) is 0 Å². The molecule has 6 heavy (non-hydrogen) atoms. The first-order valence-corrected chi connectivity index (χ1v) is 3.49. The highest BCUT2D eigenvalue weighted by atomic mass is 28.3. The fourth-order valence-corrected chi connectivity index (χ4v) is 0.953. The zero-order valence-electron chi connectivity index (χ0n) is 3.55. The molecule has 0 amide bonds. The highest BCUT2D eigenvalue weighted by Crippen LogP contribution is 2.06. The maximum absolute atomic E-state index is 4.50. The second-order valence-electron chi connectivity index (χ2n) is 1.09. The van der Waals surface area contributed by atoms with Crippen LogP contribution in [0.2, 0.25) is 0 Å². The Morgan fingerprint density at radius 2 is 2.17 bits per heavy atom. The van der Waals surface area contributed by atoms with E-state index in [1.807, 2.05) is 18.7 Å². The van der Waals surface area contributed by atoms with Crippen molar-refractivity contribution in [2.24, 2.45) is 0 Å². The summed E-state index contributed by atoms with van der Waals surface area (Å²) in [5.74, 6) is 0. The molecule has 0 radical (unpaired) electrons. The standard InChI is InChI=1S/C3H6O2Si/c1-2-3-6-4-5-6/h2-3,6H,1H3. The van der Waals surface area contributed by atoms with Crippen molar-refractivity contribution in [3.8, 4) is 0 Å². The van der Waals surface area contributed by atoms with Gasteiger partial charge in [0.25, 0.3) is 0 Å². The van der Waals surface area contributed by atoms with Gasteiger partial charge in [-0.3, -0.25) is 9.15 Å². The van der Waals surface area contributed by atoms with Crippen molar-refractivity contribution in [3.63, 3.8) is 0 Å². The topological polar surface area (TPSA) is 25.1 Å². The minimum atomic E-state index is -1.10. The molecule has 0 aromatic heterocycles. The van der Waals surface area contributed by atoms with E-state index < -0.39 is 9.28 Å². The van der Waals surface area contributed by atoms with Gasteiger partial charge in [0.05, 0.1) is 0 Å². The van der Waals surface area contributed by atoms with Crippen LogP contribution in [0, 0.1) is 0 Å². The molecule has 1 aliphatic rings. The van der Waals surface area contributed by atoms with Crippen molar-refractivity contribution in [2.45, 2.75) is 6.92 Å². The predicted octanol–water partition coefficient (Wildman–Crippen LogP) is 0.284. The van der Waals surface area contributed by atoms with E-state index in [1.54, 1.807) is 0 Å². The van der Waals surface area contributed by atoms with E-state index in [0.29, 0.717) is 0 Å². The Morgan fingerprint density at radius 1 is 1.50 bits per heavy atom. The summed E-state index contributed by atoms with van der Waals surface area (Å²) in [5, 5.41) is 0. The molecule has 0 spiro atoms. The van der Waals surface area contributed by atoms with E-state index in [-0.39, 0.29) is 0 Å². The van der Waals surface area contributed by atoms with Crippen LogP contribution in [-0.2, 0) is 9.15 Å². The summed E-state index contributed by atoms with van der Waals surface area (Å²) in [6.45, 7) is 1.96. The van der Waals surface area contributed by atoms with E-state index in [1.165, 1.54) is 0 Å². The van der Waals surface area contributed by atoms with E-state index in [9.17, 15) is 0 Å². The van der Waals surface area contributed by atoms with Crippen LogP contribution in [-0.4, -0.2) is 9.28 Å². The van der Waals surface area contributed by atoms with E-state index in [2.05, 4.69) is 9.15 Å². The van der Waals surface area contributed by atoms with Crippen molar-refractivity contribution >= 4 is 9.28 Å². The lowest BCUT2D eigenvalue weighted by Crippen LogP contribution is -1.76. The summed E-state index contributed by atoms with van der Waals surface area (Å²) >= 11 is 0. The summed E-state index contributed by atoms with van der Waals surface area (Å²) in [4.78, 5) is 0. The van der Waals surface area contributed by atoms with Crippen LogP contribution >= 0.6 is 0 Å². The SMILES string of the molecule is CC=C[SiH]1OO1. The molecule has 0 bridgehead atoms. The van der Waals surface area contributed by atoms with Crippen molar-refractivity contribution in [3.05, 3.63) is 11.8 Å². The highest BCUT2D eigenvalue weighted by molar-refractivity contribution is 6.55. The number of allylic oxidation sites excluding steroid dienone is 1. The first kappa shape index (κ1) is 4.05. The van der Waals surface area contributed by atoms with Crippen LogP contribution in [0.1, 0.15) is 6.92 Å². The molecule has 0 saturated carbocycles. The summed E-state index contributed by atoms with van der Waals surface area (Å²) in [6.07, 6.45) is 1.95. The van der Waals surface area contributed by atoms with Crippen LogP contribution in [0.25, 0.3) is 0 Å². The van der Waals surface area contributed by atoms with Gasteiger partial charge in [-0.05, 0) is 12.6 Å². The molecule has 3 heteroatoms. The fraction of sp³-hybridized carbons (Fsp3) is 0.333. The monoisotopic (exact) mass is 102 g/mol. The molecule has 1 heterocycles. The molecule has 0 N–H and O–H groups in total. The lowest BCUT2D eigenvalue weighted by Gasteiger charge is -1.56. The second kappa shape index (κ2) is 1.55. The van der Waals surface area contributed by atoms with Gasteiger partial charge in [0.1, 0.15) is 0 Å². The largest absolute Gasteiger partial charge is 0.416 e. The zero-order chi connectivity index (χ0) is 4.41. The highest BCUT2D eigenvalue weighted by Gasteiger charge is 2.24. The maximum atomic E-state index is 4.50. The minimum Gasteiger partial charge on any atom is -0.256 e. The molecular formula is C3H6O2Si. The Bertz CT molecular complexity index is 67.2. The van der Waals surface area contributed by atoms with Gasteiger partial charge in [0.2, 0.25) is 0 Å². The van der Waals surface area contributed by atoms with Gasteiger partial charge in [-0.2, -0.15) is 0 Å². The average Bonchev–Trinajstić information content (AvgIpc) is 2.21. The normalized spacial score (nSPS) is 22.8. The molecule has 1 aliphatic heterocycles. The van der Waals surface area contributed by atoms with E-state index >= 15 is 0 Å². The number of rotatable bonds is 1. The second-order valence-corrected chi connectivity index (χ2v) is 2.59. The Balaban J connectivity index is 2.15. The van der Waals surface area contributed by atoms with Crippen LogP contribution in [0.5, 0.6) is 0 Å². The van der Waals surface area contributed by atoms with Crippen molar-refractivity contribution in [1.82, 2.24) is 0 Å². The van der Waals surface area contributed by atoms with Gasteiger partial charge in [0.15, 0.2) is 0 Å². The molecule has 0 aromatic rings. The molecule has 34 valence electrons. The average molecular weight is 102 g/mol. The molecule has 1 fully saturated rings. The molecule has 0 aliphatic carbocycles. The summed E-state index contributed by atoms with van der Waals surface area (Å²) in [5.41, 5.74) is 1.97.